The molecule has 0 bridgehead atoms. The Morgan fingerprint density at radius 1 is 1.32 bits per heavy atom. The van der Waals surface area contributed by atoms with Gasteiger partial charge in [-0.15, -0.1) is 11.3 Å². The Labute approximate surface area is 168 Å². The summed E-state index contributed by atoms with van der Waals surface area (Å²) < 4.78 is 30.9. The summed E-state index contributed by atoms with van der Waals surface area (Å²) in [5.74, 6) is -3.63. The lowest BCUT2D eigenvalue weighted by Gasteiger charge is -2.42. The molecule has 1 aliphatic rings. The Morgan fingerprint density at radius 2 is 2.11 bits per heavy atom. The molecule has 28 heavy (non-hydrogen) atoms. The van der Waals surface area contributed by atoms with E-state index in [1.165, 1.54) is 13.1 Å². The van der Waals surface area contributed by atoms with Crippen molar-refractivity contribution in [2.45, 2.75) is 18.4 Å². The van der Waals surface area contributed by atoms with Crippen LogP contribution >= 0.6 is 22.9 Å². The van der Waals surface area contributed by atoms with Gasteiger partial charge in [0.2, 0.25) is 0 Å². The zero-order chi connectivity index (χ0) is 20.1. The summed E-state index contributed by atoms with van der Waals surface area (Å²) in [4.78, 5) is 8.32. The van der Waals surface area contributed by atoms with Crippen LogP contribution in [0.5, 0.6) is 0 Å². The molecule has 2 aromatic heterocycles. The molecule has 1 aromatic carbocycles. The zero-order valence-corrected chi connectivity index (χ0v) is 16.0. The third-order valence-electron chi connectivity index (χ3n) is 4.70. The maximum Gasteiger partial charge on any atom is 0.317 e. The van der Waals surface area contributed by atoms with Crippen molar-refractivity contribution >= 4 is 28.8 Å². The van der Waals surface area contributed by atoms with Crippen LogP contribution in [0.4, 0.5) is 8.78 Å². The molecule has 3 aromatic rings. The summed E-state index contributed by atoms with van der Waals surface area (Å²) >= 11 is 7.45. The lowest BCUT2D eigenvalue weighted by atomic mass is 9.83. The first-order valence-electron chi connectivity index (χ1n) is 8.13. The van der Waals surface area contributed by atoms with Gasteiger partial charge in [0.05, 0.1) is 27.1 Å². The average Bonchev–Trinajstić information content (AvgIpc) is 3.09. The van der Waals surface area contributed by atoms with E-state index >= 15 is 8.78 Å². The fraction of sp³-hybridized carbons (Fsp3) is 0.158. The summed E-state index contributed by atoms with van der Waals surface area (Å²) in [7, 11) is 0. The van der Waals surface area contributed by atoms with E-state index in [1.807, 2.05) is 0 Å². The minimum absolute atomic E-state index is 0.0420. The predicted octanol–water partition coefficient (Wildman–Crippen LogP) is 4.67. The van der Waals surface area contributed by atoms with E-state index in [4.69, 9.17) is 22.3 Å². The quantitative estimate of drug-likeness (QED) is 0.637. The zero-order valence-electron chi connectivity index (χ0n) is 14.4. The summed E-state index contributed by atoms with van der Waals surface area (Å²) in [6, 6.07) is 10.5. The van der Waals surface area contributed by atoms with Gasteiger partial charge in [-0.05, 0) is 30.7 Å². The van der Waals surface area contributed by atoms with Gasteiger partial charge in [0, 0.05) is 11.1 Å². The number of nitrogens with one attached hydrogen (secondary N) is 2. The molecule has 0 amide bonds. The molecule has 1 aliphatic heterocycles. The number of nitrogens with zero attached hydrogens (tertiary/aromatic N) is 3. The minimum Gasteiger partial charge on any atom is -0.354 e. The number of aromatic nitrogens is 2. The number of nitriles is 1. The van der Waals surface area contributed by atoms with Crippen LogP contribution in [0.25, 0.3) is 10.4 Å². The Bertz CT molecular complexity index is 1150. The average molecular weight is 416 g/mol. The molecule has 0 saturated heterocycles. The second-order valence-corrected chi connectivity index (χ2v) is 7.92. The SMILES string of the molecule is C[C@]1(c2sc(-c3cccc(C#N)c3)cc2Cl)NC(=N)c2cncnc2C1(F)F. The molecule has 2 N–H and O–H groups in total. The number of rotatable bonds is 2. The molecule has 4 rings (SSSR count). The summed E-state index contributed by atoms with van der Waals surface area (Å²) in [6.45, 7) is 1.31. The number of fused-ring (bicyclic) bond motifs is 1. The van der Waals surface area contributed by atoms with Crippen LogP contribution in [-0.4, -0.2) is 15.8 Å². The van der Waals surface area contributed by atoms with E-state index in [0.717, 1.165) is 17.7 Å². The Hall–Kier alpha value is -2.89. The van der Waals surface area contributed by atoms with E-state index in [1.54, 1.807) is 30.3 Å². The van der Waals surface area contributed by atoms with Crippen molar-refractivity contribution in [3.8, 4) is 16.5 Å². The third kappa shape index (κ3) is 2.58. The first kappa shape index (κ1) is 18.5. The fourth-order valence-corrected chi connectivity index (χ4v) is 4.85. The molecule has 5 nitrogen and oxygen atoms in total. The Balaban J connectivity index is 1.86. The van der Waals surface area contributed by atoms with E-state index in [0.29, 0.717) is 16.0 Å². The fourth-order valence-electron chi connectivity index (χ4n) is 3.19. The summed E-state index contributed by atoms with van der Waals surface area (Å²) in [5.41, 5.74) is -1.34. The molecule has 1 atom stereocenters. The monoisotopic (exact) mass is 415 g/mol. The number of benzene rings is 1. The van der Waals surface area contributed by atoms with Crippen molar-refractivity contribution in [3.63, 3.8) is 0 Å². The highest BCUT2D eigenvalue weighted by atomic mass is 35.5. The molecular weight excluding hydrogens is 404 g/mol. The Morgan fingerprint density at radius 3 is 2.86 bits per heavy atom. The second kappa shape index (κ2) is 6.33. The maximum atomic E-state index is 15.5. The number of halogens is 3. The molecule has 140 valence electrons. The van der Waals surface area contributed by atoms with E-state index in [2.05, 4.69) is 21.4 Å². The summed E-state index contributed by atoms with van der Waals surface area (Å²) in [6.07, 6.45) is 2.24. The normalized spacial score (nSPS) is 20.2. The first-order chi connectivity index (χ1) is 13.3. The van der Waals surface area contributed by atoms with E-state index < -0.39 is 17.2 Å². The van der Waals surface area contributed by atoms with Crippen LogP contribution in [-0.2, 0) is 11.5 Å². The van der Waals surface area contributed by atoms with Gasteiger partial charge in [-0.3, -0.25) is 5.41 Å². The van der Waals surface area contributed by atoms with Crippen molar-refractivity contribution in [2.24, 2.45) is 0 Å². The molecule has 0 radical (unpaired) electrons. The standard InChI is InChI=1S/C19H12ClF2N5S/c1-18(19(21,22)15-12(17(24)27-18)8-25-9-26-15)16-13(20)6-14(28-16)11-4-2-3-10(5-11)7-23/h2-6,8-9H,1H3,(H2,24,27)/t18-/m1/s1. The Kier molecular flexibility index (Phi) is 4.17. The molecule has 9 heteroatoms. The van der Waals surface area contributed by atoms with Crippen molar-refractivity contribution in [2.75, 3.05) is 0 Å². The van der Waals surface area contributed by atoms with Gasteiger partial charge in [-0.1, -0.05) is 23.7 Å². The van der Waals surface area contributed by atoms with Crippen molar-refractivity contribution in [1.29, 1.82) is 10.7 Å². The molecule has 3 heterocycles. The van der Waals surface area contributed by atoms with E-state index in [9.17, 15) is 0 Å². The molecule has 0 unspecified atom stereocenters. The van der Waals surface area contributed by atoms with Gasteiger partial charge in [0.25, 0.3) is 0 Å². The van der Waals surface area contributed by atoms with Crippen LogP contribution in [0.3, 0.4) is 0 Å². The smallest absolute Gasteiger partial charge is 0.317 e. The van der Waals surface area contributed by atoms with Crippen LogP contribution in [0.15, 0.2) is 42.9 Å². The number of hydrogen-bond donors (Lipinski definition) is 2. The van der Waals surface area contributed by atoms with Crippen LogP contribution < -0.4 is 5.32 Å². The highest BCUT2D eigenvalue weighted by Gasteiger charge is 2.60. The third-order valence-corrected chi connectivity index (χ3v) is 6.51. The molecule has 0 fully saturated rings. The van der Waals surface area contributed by atoms with E-state index in [-0.39, 0.29) is 21.3 Å². The van der Waals surface area contributed by atoms with Crippen molar-refractivity contribution in [1.82, 2.24) is 15.3 Å². The minimum atomic E-state index is -3.43. The maximum absolute atomic E-state index is 15.5. The van der Waals surface area contributed by atoms with Crippen LogP contribution in [0.1, 0.15) is 28.6 Å². The topological polar surface area (TPSA) is 85.5 Å². The van der Waals surface area contributed by atoms with Crippen LogP contribution in [0.2, 0.25) is 5.02 Å². The first-order valence-corrected chi connectivity index (χ1v) is 9.33. The predicted molar refractivity (Wildman–Crippen MR) is 103 cm³/mol. The summed E-state index contributed by atoms with van der Waals surface area (Å²) in [5, 5.41) is 20.0. The molecular formula is C19H12ClF2N5S. The lowest BCUT2D eigenvalue weighted by Crippen LogP contribution is -2.58. The molecule has 0 spiro atoms. The van der Waals surface area contributed by atoms with Crippen molar-refractivity contribution in [3.05, 3.63) is 69.6 Å². The lowest BCUT2D eigenvalue weighted by molar-refractivity contribution is -0.0930. The van der Waals surface area contributed by atoms with Crippen molar-refractivity contribution < 1.29 is 8.78 Å². The molecule has 0 aliphatic carbocycles. The second-order valence-electron chi connectivity index (χ2n) is 6.46. The van der Waals surface area contributed by atoms with Gasteiger partial charge in [-0.25, -0.2) is 9.97 Å². The molecule has 0 saturated carbocycles. The van der Waals surface area contributed by atoms with Gasteiger partial charge in [0.15, 0.2) is 0 Å². The van der Waals surface area contributed by atoms with Gasteiger partial charge in [-0.2, -0.15) is 14.0 Å². The number of alkyl halides is 2. The number of hydrogen-bond acceptors (Lipinski definition) is 5. The number of amidine groups is 1. The van der Waals surface area contributed by atoms with Crippen LogP contribution in [0, 0.1) is 16.7 Å². The highest BCUT2D eigenvalue weighted by molar-refractivity contribution is 7.16. The van der Waals surface area contributed by atoms with Gasteiger partial charge < -0.3 is 5.32 Å². The largest absolute Gasteiger partial charge is 0.354 e. The highest BCUT2D eigenvalue weighted by Crippen LogP contribution is 2.52. The van der Waals surface area contributed by atoms with Gasteiger partial charge in [0.1, 0.15) is 23.4 Å². The number of thiophene rings is 1. The van der Waals surface area contributed by atoms with Gasteiger partial charge >= 0.3 is 5.92 Å².